The number of nitrogens with one attached hydrogen (secondary N) is 1. The molecule has 1 heterocycles. The molecule has 0 aliphatic carbocycles. The molecule has 0 spiro atoms. The molecular weight excluding hydrogens is 274 g/mol. The molecule has 1 aromatic carbocycles. The summed E-state index contributed by atoms with van der Waals surface area (Å²) >= 11 is 0. The summed E-state index contributed by atoms with van der Waals surface area (Å²) in [6, 6.07) is 2.97. The minimum atomic E-state index is -4.69. The second-order valence-electron chi connectivity index (χ2n) is 4.47. The molecule has 0 unspecified atom stereocenters. The van der Waals surface area contributed by atoms with Crippen molar-refractivity contribution in [2.45, 2.75) is 19.6 Å². The van der Waals surface area contributed by atoms with E-state index in [0.29, 0.717) is 5.56 Å². The summed E-state index contributed by atoms with van der Waals surface area (Å²) in [4.78, 5) is 0. The lowest BCUT2D eigenvalue weighted by molar-refractivity contribution is -0.140. The van der Waals surface area contributed by atoms with Crippen LogP contribution in [-0.4, -0.2) is 9.78 Å². The average molecular weight is 287 g/mol. The van der Waals surface area contributed by atoms with E-state index in [0.717, 1.165) is 23.5 Å². The van der Waals surface area contributed by atoms with Gasteiger partial charge in [0, 0.05) is 19.8 Å². The fourth-order valence-electron chi connectivity index (χ4n) is 1.87. The highest BCUT2D eigenvalue weighted by Gasteiger charge is 2.34. The van der Waals surface area contributed by atoms with Crippen LogP contribution in [-0.2, 0) is 19.8 Å². The van der Waals surface area contributed by atoms with Gasteiger partial charge in [-0.05, 0) is 24.6 Å². The summed E-state index contributed by atoms with van der Waals surface area (Å²) in [5.41, 5.74) is 0.567. The number of aromatic nitrogens is 2. The summed E-state index contributed by atoms with van der Waals surface area (Å²) in [6.45, 7) is 1.95. The van der Waals surface area contributed by atoms with E-state index in [9.17, 15) is 17.6 Å². The predicted molar refractivity (Wildman–Crippen MR) is 66.7 cm³/mol. The Hall–Kier alpha value is -2.05. The number of alkyl halides is 3. The Balaban J connectivity index is 2.16. The van der Waals surface area contributed by atoms with Gasteiger partial charge in [0.25, 0.3) is 0 Å². The number of aryl methyl sites for hydroxylation is 2. The fourth-order valence-corrected chi connectivity index (χ4v) is 1.87. The van der Waals surface area contributed by atoms with E-state index in [1.807, 2.05) is 0 Å². The zero-order valence-corrected chi connectivity index (χ0v) is 10.9. The number of hydrogen-bond donors (Lipinski definition) is 1. The quantitative estimate of drug-likeness (QED) is 0.876. The minimum Gasteiger partial charge on any atom is -0.378 e. The van der Waals surface area contributed by atoms with Crippen molar-refractivity contribution in [2.75, 3.05) is 5.32 Å². The van der Waals surface area contributed by atoms with E-state index in [2.05, 4.69) is 10.4 Å². The SMILES string of the molecule is Cc1nn(C)cc1NCc1ccc(F)c(C(F)(F)F)c1. The Bertz CT molecular complexity index is 617. The second kappa shape index (κ2) is 5.15. The molecule has 1 N–H and O–H groups in total. The van der Waals surface area contributed by atoms with Gasteiger partial charge < -0.3 is 5.32 Å². The lowest BCUT2D eigenvalue weighted by Crippen LogP contribution is -2.10. The third-order valence-corrected chi connectivity index (χ3v) is 2.83. The summed E-state index contributed by atoms with van der Waals surface area (Å²) in [5, 5.41) is 7.08. The highest BCUT2D eigenvalue weighted by molar-refractivity contribution is 5.46. The van der Waals surface area contributed by atoms with Gasteiger partial charge in [0.1, 0.15) is 5.82 Å². The van der Waals surface area contributed by atoms with Gasteiger partial charge in [-0.3, -0.25) is 4.68 Å². The largest absolute Gasteiger partial charge is 0.419 e. The van der Waals surface area contributed by atoms with Crippen LogP contribution in [0.4, 0.5) is 23.2 Å². The molecule has 0 atom stereocenters. The van der Waals surface area contributed by atoms with Gasteiger partial charge in [-0.15, -0.1) is 0 Å². The Morgan fingerprint density at radius 2 is 2.00 bits per heavy atom. The highest BCUT2D eigenvalue weighted by atomic mass is 19.4. The number of rotatable bonds is 3. The molecule has 1 aromatic heterocycles. The normalized spacial score (nSPS) is 11.7. The zero-order valence-electron chi connectivity index (χ0n) is 10.9. The van der Waals surface area contributed by atoms with Crippen molar-refractivity contribution in [1.82, 2.24) is 9.78 Å². The number of anilines is 1. The maximum atomic E-state index is 13.1. The summed E-state index contributed by atoms with van der Waals surface area (Å²) < 4.78 is 52.5. The molecule has 20 heavy (non-hydrogen) atoms. The van der Waals surface area contributed by atoms with E-state index in [-0.39, 0.29) is 6.54 Å². The predicted octanol–water partition coefficient (Wildman–Crippen LogP) is 3.50. The van der Waals surface area contributed by atoms with Crippen LogP contribution < -0.4 is 5.32 Å². The maximum absolute atomic E-state index is 13.1. The van der Waals surface area contributed by atoms with Crippen molar-refractivity contribution in [3.8, 4) is 0 Å². The van der Waals surface area contributed by atoms with Crippen molar-refractivity contribution in [2.24, 2.45) is 7.05 Å². The van der Waals surface area contributed by atoms with Crippen LogP contribution in [0.15, 0.2) is 24.4 Å². The number of hydrogen-bond acceptors (Lipinski definition) is 2. The summed E-state index contributed by atoms with van der Waals surface area (Å²) in [6.07, 6.45) is -2.96. The van der Waals surface area contributed by atoms with Crippen LogP contribution in [0, 0.1) is 12.7 Å². The third kappa shape index (κ3) is 3.09. The lowest BCUT2D eigenvalue weighted by Gasteiger charge is -2.11. The molecule has 0 bridgehead atoms. The maximum Gasteiger partial charge on any atom is 0.419 e. The van der Waals surface area contributed by atoms with Crippen molar-refractivity contribution in [1.29, 1.82) is 0 Å². The second-order valence-corrected chi connectivity index (χ2v) is 4.47. The summed E-state index contributed by atoms with van der Waals surface area (Å²) in [5.74, 6) is -1.26. The van der Waals surface area contributed by atoms with Gasteiger partial charge in [-0.1, -0.05) is 6.07 Å². The van der Waals surface area contributed by atoms with E-state index in [4.69, 9.17) is 0 Å². The number of nitrogens with zero attached hydrogens (tertiary/aromatic N) is 2. The van der Waals surface area contributed by atoms with Crippen LogP contribution in [0.25, 0.3) is 0 Å². The smallest absolute Gasteiger partial charge is 0.378 e. The molecule has 2 rings (SSSR count). The van der Waals surface area contributed by atoms with Gasteiger partial charge in [0.2, 0.25) is 0 Å². The van der Waals surface area contributed by atoms with Crippen LogP contribution in [0.2, 0.25) is 0 Å². The molecular formula is C13H13F4N3. The van der Waals surface area contributed by atoms with Crippen LogP contribution in [0.5, 0.6) is 0 Å². The molecule has 0 radical (unpaired) electrons. The average Bonchev–Trinajstić information content (AvgIpc) is 2.65. The van der Waals surface area contributed by atoms with Crippen LogP contribution in [0.3, 0.4) is 0 Å². The van der Waals surface area contributed by atoms with Crippen LogP contribution >= 0.6 is 0 Å². The first-order valence-corrected chi connectivity index (χ1v) is 5.87. The lowest BCUT2D eigenvalue weighted by atomic mass is 10.1. The van der Waals surface area contributed by atoms with Crippen molar-refractivity contribution in [3.05, 3.63) is 47.0 Å². The molecule has 0 aliphatic rings. The molecule has 0 aliphatic heterocycles. The zero-order chi connectivity index (χ0) is 14.9. The summed E-state index contributed by atoms with van der Waals surface area (Å²) in [7, 11) is 1.75. The van der Waals surface area contributed by atoms with Gasteiger partial charge >= 0.3 is 6.18 Å². The molecule has 2 aromatic rings. The number of benzene rings is 1. The van der Waals surface area contributed by atoms with Gasteiger partial charge in [-0.2, -0.15) is 18.3 Å². The minimum absolute atomic E-state index is 0.163. The van der Waals surface area contributed by atoms with E-state index < -0.39 is 17.6 Å². The molecule has 0 fully saturated rings. The molecule has 7 heteroatoms. The van der Waals surface area contributed by atoms with Crippen molar-refractivity contribution in [3.63, 3.8) is 0 Å². The number of halogens is 4. The Morgan fingerprint density at radius 3 is 2.55 bits per heavy atom. The topological polar surface area (TPSA) is 29.9 Å². The van der Waals surface area contributed by atoms with Crippen LogP contribution in [0.1, 0.15) is 16.8 Å². The first-order chi connectivity index (χ1) is 9.27. The monoisotopic (exact) mass is 287 g/mol. The molecule has 3 nitrogen and oxygen atoms in total. The molecule has 0 amide bonds. The van der Waals surface area contributed by atoms with E-state index in [1.165, 1.54) is 6.07 Å². The Labute approximate surface area is 113 Å². The van der Waals surface area contributed by atoms with Crippen molar-refractivity contribution < 1.29 is 17.6 Å². The van der Waals surface area contributed by atoms with Gasteiger partial charge in [0.15, 0.2) is 0 Å². The molecule has 0 saturated heterocycles. The van der Waals surface area contributed by atoms with Crippen molar-refractivity contribution >= 4 is 5.69 Å². The first kappa shape index (κ1) is 14.4. The Morgan fingerprint density at radius 1 is 1.30 bits per heavy atom. The van der Waals surface area contributed by atoms with E-state index in [1.54, 1.807) is 24.9 Å². The highest BCUT2D eigenvalue weighted by Crippen LogP contribution is 2.32. The molecule has 108 valence electrons. The van der Waals surface area contributed by atoms with Gasteiger partial charge in [0.05, 0.1) is 16.9 Å². The fraction of sp³-hybridized carbons (Fsp3) is 0.308. The molecule has 0 saturated carbocycles. The Kier molecular flexibility index (Phi) is 3.69. The third-order valence-electron chi connectivity index (χ3n) is 2.83. The van der Waals surface area contributed by atoms with E-state index >= 15 is 0 Å². The first-order valence-electron chi connectivity index (χ1n) is 5.87. The standard InChI is InChI=1S/C13H13F4N3/c1-8-12(7-20(2)19-8)18-6-9-3-4-11(14)10(5-9)13(15,16)17/h3-5,7,18H,6H2,1-2H3. The van der Waals surface area contributed by atoms with Gasteiger partial charge in [-0.25, -0.2) is 4.39 Å².